The average Bonchev–Trinajstić information content (AvgIpc) is 3.28. The second kappa shape index (κ2) is 9.17. The number of benzene rings is 3. The largest absolute Gasteiger partial charge is 0.486 e. The van der Waals surface area contributed by atoms with Gasteiger partial charge >= 0.3 is 5.97 Å². The molecule has 0 aliphatic rings. The number of hydrogen-bond acceptors (Lipinski definition) is 4. The molecule has 0 aliphatic heterocycles. The molecule has 1 aromatic heterocycles. The van der Waals surface area contributed by atoms with Crippen LogP contribution < -0.4 is 9.47 Å². The van der Waals surface area contributed by atoms with Crippen molar-refractivity contribution in [3.05, 3.63) is 102 Å². The average molecular weight is 414 g/mol. The van der Waals surface area contributed by atoms with E-state index in [1.807, 2.05) is 67.7 Å². The number of ether oxygens (including phenoxy) is 2. The molecule has 6 heteroatoms. The normalized spacial score (nSPS) is 11.6. The number of aromatic nitrogens is 2. The highest BCUT2D eigenvalue weighted by Gasteiger charge is 2.10. The van der Waals surface area contributed by atoms with Crippen LogP contribution in [0.15, 0.2) is 85.1 Å². The topological polar surface area (TPSA) is 84.4 Å². The zero-order valence-electron chi connectivity index (χ0n) is 17.0. The number of carbonyl (C=O) groups is 1. The lowest BCUT2D eigenvalue weighted by Crippen LogP contribution is -2.04. The second-order valence-corrected chi connectivity index (χ2v) is 7.05. The number of carboxylic acid groups (broad SMARTS) is 1. The van der Waals surface area contributed by atoms with Gasteiger partial charge in [-0.1, -0.05) is 30.3 Å². The fourth-order valence-electron chi connectivity index (χ4n) is 3.12. The molecule has 0 radical (unpaired) electrons. The van der Waals surface area contributed by atoms with Gasteiger partial charge in [-0.25, -0.2) is 9.78 Å². The van der Waals surface area contributed by atoms with E-state index < -0.39 is 5.97 Å². The van der Waals surface area contributed by atoms with Gasteiger partial charge in [0.05, 0.1) is 11.3 Å². The third-order valence-corrected chi connectivity index (χ3v) is 4.84. The first-order chi connectivity index (χ1) is 15.1. The number of aromatic carboxylic acids is 1. The van der Waals surface area contributed by atoms with Gasteiger partial charge in [0.2, 0.25) is 0 Å². The summed E-state index contributed by atoms with van der Waals surface area (Å²) in [7, 11) is 0. The van der Waals surface area contributed by atoms with Crippen LogP contribution in [-0.2, 0) is 6.61 Å². The number of nitrogens with zero attached hydrogens (tertiary/aromatic N) is 1. The van der Waals surface area contributed by atoms with Crippen LogP contribution in [0, 0.1) is 0 Å². The van der Waals surface area contributed by atoms with Crippen molar-refractivity contribution in [2.24, 2.45) is 0 Å². The molecule has 0 amide bonds. The molecule has 1 heterocycles. The highest BCUT2D eigenvalue weighted by atomic mass is 16.5. The molecule has 2 N–H and O–H groups in total. The van der Waals surface area contributed by atoms with Crippen LogP contribution in [0.4, 0.5) is 0 Å². The highest BCUT2D eigenvalue weighted by molar-refractivity contribution is 5.87. The molecule has 1 atom stereocenters. The molecule has 0 fully saturated rings. The predicted molar refractivity (Wildman–Crippen MR) is 117 cm³/mol. The second-order valence-electron chi connectivity index (χ2n) is 7.05. The van der Waals surface area contributed by atoms with Gasteiger partial charge in [0.15, 0.2) is 0 Å². The zero-order chi connectivity index (χ0) is 21.6. The van der Waals surface area contributed by atoms with Crippen LogP contribution in [0.5, 0.6) is 11.5 Å². The van der Waals surface area contributed by atoms with E-state index in [-0.39, 0.29) is 11.7 Å². The first-order valence-electron chi connectivity index (χ1n) is 9.91. The molecule has 0 spiro atoms. The minimum absolute atomic E-state index is 0.208. The van der Waals surface area contributed by atoms with E-state index in [1.165, 1.54) is 0 Å². The number of H-pyrrole nitrogens is 1. The Kier molecular flexibility index (Phi) is 5.98. The van der Waals surface area contributed by atoms with Crippen LogP contribution in [0.3, 0.4) is 0 Å². The summed E-state index contributed by atoms with van der Waals surface area (Å²) in [6.07, 6.45) is 1.65. The lowest BCUT2D eigenvalue weighted by Gasteiger charge is -2.15. The summed E-state index contributed by atoms with van der Waals surface area (Å²) in [4.78, 5) is 18.7. The van der Waals surface area contributed by atoms with E-state index in [2.05, 4.69) is 9.97 Å². The summed E-state index contributed by atoms with van der Waals surface area (Å²) in [5, 5.41) is 9.01. The molecule has 1 unspecified atom stereocenters. The lowest BCUT2D eigenvalue weighted by molar-refractivity contribution is 0.0696. The molecular weight excluding hydrogens is 392 g/mol. The molecule has 156 valence electrons. The van der Waals surface area contributed by atoms with Crippen molar-refractivity contribution in [3.8, 4) is 22.8 Å². The fourth-order valence-corrected chi connectivity index (χ4v) is 3.12. The van der Waals surface area contributed by atoms with E-state index >= 15 is 0 Å². The Balaban J connectivity index is 1.36. The van der Waals surface area contributed by atoms with Crippen molar-refractivity contribution in [1.29, 1.82) is 0 Å². The van der Waals surface area contributed by atoms with Gasteiger partial charge in [0.25, 0.3) is 0 Å². The third-order valence-electron chi connectivity index (χ3n) is 4.84. The first-order valence-corrected chi connectivity index (χ1v) is 9.91. The van der Waals surface area contributed by atoms with E-state index in [1.54, 1.807) is 24.3 Å². The number of imidazole rings is 1. The van der Waals surface area contributed by atoms with Crippen molar-refractivity contribution < 1.29 is 19.4 Å². The Labute approximate surface area is 180 Å². The fraction of sp³-hybridized carbons (Fsp3) is 0.120. The summed E-state index contributed by atoms with van der Waals surface area (Å²) < 4.78 is 11.7. The monoisotopic (exact) mass is 414 g/mol. The summed E-state index contributed by atoms with van der Waals surface area (Å²) in [6.45, 7) is 2.29. The lowest BCUT2D eigenvalue weighted by atomic mass is 10.1. The molecule has 0 bridgehead atoms. The maximum Gasteiger partial charge on any atom is 0.335 e. The van der Waals surface area contributed by atoms with Crippen molar-refractivity contribution in [2.75, 3.05) is 0 Å². The Morgan fingerprint density at radius 3 is 2.35 bits per heavy atom. The van der Waals surface area contributed by atoms with Crippen molar-refractivity contribution in [2.45, 2.75) is 19.6 Å². The minimum Gasteiger partial charge on any atom is -0.486 e. The van der Waals surface area contributed by atoms with Gasteiger partial charge in [-0.2, -0.15) is 0 Å². The van der Waals surface area contributed by atoms with E-state index in [4.69, 9.17) is 14.6 Å². The number of carboxylic acids is 1. The number of aromatic amines is 1. The minimum atomic E-state index is -0.941. The molecule has 0 saturated heterocycles. The molecule has 31 heavy (non-hydrogen) atoms. The Morgan fingerprint density at radius 2 is 1.68 bits per heavy atom. The van der Waals surface area contributed by atoms with E-state index in [9.17, 15) is 4.79 Å². The molecule has 6 nitrogen and oxygen atoms in total. The molecular formula is C25H22N2O4. The van der Waals surface area contributed by atoms with Gasteiger partial charge in [0, 0.05) is 11.8 Å². The number of nitrogens with one attached hydrogen (secondary N) is 1. The molecule has 3 aromatic carbocycles. The first kappa shape index (κ1) is 20.2. The van der Waals surface area contributed by atoms with Crippen LogP contribution in [0.25, 0.3) is 11.3 Å². The van der Waals surface area contributed by atoms with Gasteiger partial charge < -0.3 is 19.6 Å². The molecule has 4 rings (SSSR count). The quantitative estimate of drug-likeness (QED) is 0.398. The standard InChI is InChI=1S/C25H22N2O4/c1-17(18-7-9-20(10-8-18)25(28)29)31-22-13-11-19(12-14-22)23-15-26-24(27-23)16-30-21-5-3-2-4-6-21/h2-15,17H,16H2,1H3,(H,26,27)(H,28,29). The number of rotatable bonds is 8. The van der Waals surface area contributed by atoms with E-state index in [0.29, 0.717) is 6.61 Å². The zero-order valence-corrected chi connectivity index (χ0v) is 17.0. The van der Waals surface area contributed by atoms with Crippen LogP contribution in [0.2, 0.25) is 0 Å². The van der Waals surface area contributed by atoms with Gasteiger partial charge in [-0.15, -0.1) is 0 Å². The van der Waals surface area contributed by atoms with Crippen molar-refractivity contribution in [1.82, 2.24) is 9.97 Å². The van der Waals surface area contributed by atoms with Gasteiger partial charge in [0.1, 0.15) is 30.0 Å². The van der Waals surface area contributed by atoms with Crippen LogP contribution in [-0.4, -0.2) is 21.0 Å². The Morgan fingerprint density at radius 1 is 0.968 bits per heavy atom. The third kappa shape index (κ3) is 5.11. The Bertz CT molecular complexity index is 1140. The van der Waals surface area contributed by atoms with Gasteiger partial charge in [-0.3, -0.25) is 0 Å². The summed E-state index contributed by atoms with van der Waals surface area (Å²) in [5.41, 5.74) is 2.96. The highest BCUT2D eigenvalue weighted by Crippen LogP contribution is 2.25. The van der Waals surface area contributed by atoms with Gasteiger partial charge in [-0.05, 0) is 61.0 Å². The van der Waals surface area contributed by atoms with Crippen LogP contribution >= 0.6 is 0 Å². The Hall–Kier alpha value is -4.06. The SMILES string of the molecule is CC(Oc1ccc(-c2c[nH]c(COc3ccccc3)n2)cc1)c1ccc(C(=O)O)cc1. The molecule has 0 aliphatic carbocycles. The number of para-hydroxylation sites is 1. The van der Waals surface area contributed by atoms with Crippen molar-refractivity contribution >= 4 is 5.97 Å². The van der Waals surface area contributed by atoms with E-state index in [0.717, 1.165) is 34.1 Å². The molecule has 4 aromatic rings. The maximum absolute atomic E-state index is 11.0. The summed E-state index contributed by atoms with van der Waals surface area (Å²) in [6, 6.07) is 24.0. The smallest absolute Gasteiger partial charge is 0.335 e. The molecule has 0 saturated carbocycles. The maximum atomic E-state index is 11.0. The predicted octanol–water partition coefficient (Wildman–Crippen LogP) is 5.49. The van der Waals surface area contributed by atoms with Crippen LogP contribution in [0.1, 0.15) is 34.8 Å². The summed E-state index contributed by atoms with van der Waals surface area (Å²) >= 11 is 0. The number of hydrogen-bond donors (Lipinski definition) is 2. The summed E-state index contributed by atoms with van der Waals surface area (Å²) in [5.74, 6) is 1.33. The van der Waals surface area contributed by atoms with Crippen molar-refractivity contribution in [3.63, 3.8) is 0 Å².